The van der Waals surface area contributed by atoms with Gasteiger partial charge in [-0.25, -0.2) is 5.43 Å². The Morgan fingerprint density at radius 2 is 1.85 bits per heavy atom. The zero-order valence-electron chi connectivity index (χ0n) is 13.5. The summed E-state index contributed by atoms with van der Waals surface area (Å²) in [6.07, 6.45) is 1.28. The lowest BCUT2D eigenvalue weighted by atomic mass is 10.1. The Balaban J connectivity index is 1.55. The van der Waals surface area contributed by atoms with Crippen LogP contribution < -0.4 is 10.2 Å². The summed E-state index contributed by atoms with van der Waals surface area (Å²) in [7, 11) is 0. The maximum Gasteiger partial charge on any atom is 0.277 e. The largest absolute Gasteiger partial charge is 0.508 e. The first-order valence-corrected chi connectivity index (χ1v) is 8.46. The predicted molar refractivity (Wildman–Crippen MR) is 103 cm³/mol. The van der Waals surface area contributed by atoms with Gasteiger partial charge < -0.3 is 14.9 Å². The second-order valence-corrected chi connectivity index (χ2v) is 6.39. The first-order valence-electron chi connectivity index (χ1n) is 7.67. The van der Waals surface area contributed by atoms with Crippen molar-refractivity contribution in [3.8, 4) is 17.2 Å². The second kappa shape index (κ2) is 7.88. The van der Waals surface area contributed by atoms with Crippen LogP contribution in [-0.2, 0) is 4.79 Å². The van der Waals surface area contributed by atoms with Gasteiger partial charge in [0.25, 0.3) is 5.91 Å². The van der Waals surface area contributed by atoms with Crippen molar-refractivity contribution in [1.82, 2.24) is 5.43 Å². The van der Waals surface area contributed by atoms with Crippen molar-refractivity contribution in [2.45, 2.75) is 0 Å². The van der Waals surface area contributed by atoms with Crippen LogP contribution in [0.25, 0.3) is 10.8 Å². The maximum absolute atomic E-state index is 11.8. The van der Waals surface area contributed by atoms with Crippen molar-refractivity contribution in [2.24, 2.45) is 5.10 Å². The third-order valence-electron chi connectivity index (χ3n) is 3.55. The number of phenolic OH excluding ortho intramolecular Hbond substituents is 2. The molecule has 0 saturated heterocycles. The molecule has 0 atom stereocenters. The van der Waals surface area contributed by atoms with Gasteiger partial charge in [-0.1, -0.05) is 28.1 Å². The number of ether oxygens (including phenoxy) is 1. The van der Waals surface area contributed by atoms with Crippen LogP contribution in [0.3, 0.4) is 0 Å². The topological polar surface area (TPSA) is 91.2 Å². The molecule has 26 heavy (non-hydrogen) atoms. The molecule has 1 amide bonds. The molecule has 0 heterocycles. The first kappa shape index (κ1) is 17.8. The molecule has 0 aliphatic carbocycles. The van der Waals surface area contributed by atoms with Crippen molar-refractivity contribution < 1.29 is 19.7 Å². The van der Waals surface area contributed by atoms with Crippen LogP contribution in [-0.4, -0.2) is 28.9 Å². The van der Waals surface area contributed by atoms with E-state index in [0.29, 0.717) is 11.3 Å². The number of hydrogen-bond acceptors (Lipinski definition) is 5. The molecular weight excluding hydrogens is 400 g/mol. The van der Waals surface area contributed by atoms with E-state index < -0.39 is 5.91 Å². The number of fused-ring (bicyclic) bond motifs is 1. The summed E-state index contributed by atoms with van der Waals surface area (Å²) in [6, 6.07) is 15.5. The van der Waals surface area contributed by atoms with E-state index >= 15 is 0 Å². The number of hydrazone groups is 1. The van der Waals surface area contributed by atoms with Gasteiger partial charge in [-0.2, -0.15) is 5.10 Å². The monoisotopic (exact) mass is 414 g/mol. The van der Waals surface area contributed by atoms with Crippen LogP contribution in [0, 0.1) is 0 Å². The Morgan fingerprint density at radius 1 is 1.08 bits per heavy atom. The smallest absolute Gasteiger partial charge is 0.277 e. The molecule has 0 radical (unpaired) electrons. The summed E-state index contributed by atoms with van der Waals surface area (Å²) in [5.74, 6) is -0.0487. The molecular formula is C19H15BrN2O4. The van der Waals surface area contributed by atoms with E-state index in [1.54, 1.807) is 6.07 Å². The molecule has 3 aromatic carbocycles. The minimum Gasteiger partial charge on any atom is -0.508 e. The van der Waals surface area contributed by atoms with Gasteiger partial charge in [-0.3, -0.25) is 4.79 Å². The van der Waals surface area contributed by atoms with Crippen LogP contribution >= 0.6 is 15.9 Å². The number of hydrogen-bond donors (Lipinski definition) is 3. The lowest BCUT2D eigenvalue weighted by molar-refractivity contribution is -0.123. The third-order valence-corrected chi connectivity index (χ3v) is 4.04. The van der Waals surface area contributed by atoms with Crippen molar-refractivity contribution in [2.75, 3.05) is 6.61 Å². The predicted octanol–water partition coefficient (Wildman–Crippen LogP) is 3.54. The average Bonchev–Trinajstić information content (AvgIpc) is 2.61. The molecule has 3 rings (SSSR count). The fourth-order valence-electron chi connectivity index (χ4n) is 2.28. The molecule has 3 aromatic rings. The van der Waals surface area contributed by atoms with E-state index in [9.17, 15) is 15.0 Å². The molecule has 7 heteroatoms. The molecule has 0 unspecified atom stereocenters. The highest BCUT2D eigenvalue weighted by atomic mass is 79.9. The molecule has 132 valence electrons. The van der Waals surface area contributed by atoms with Gasteiger partial charge in [0, 0.05) is 16.1 Å². The maximum atomic E-state index is 11.8. The van der Waals surface area contributed by atoms with Gasteiger partial charge in [0.05, 0.1) is 6.21 Å². The van der Waals surface area contributed by atoms with Crippen LogP contribution in [0.5, 0.6) is 17.2 Å². The van der Waals surface area contributed by atoms with Crippen molar-refractivity contribution in [3.05, 3.63) is 64.6 Å². The van der Waals surface area contributed by atoms with Crippen molar-refractivity contribution in [3.63, 3.8) is 0 Å². The summed E-state index contributed by atoms with van der Waals surface area (Å²) in [6.45, 7) is -0.194. The normalized spacial score (nSPS) is 11.0. The Hall–Kier alpha value is -3.06. The lowest BCUT2D eigenvalue weighted by Gasteiger charge is -2.07. The molecule has 0 saturated carbocycles. The van der Waals surface area contributed by atoms with E-state index in [2.05, 4.69) is 26.5 Å². The number of amides is 1. The summed E-state index contributed by atoms with van der Waals surface area (Å²) in [5.41, 5.74) is 2.68. The minimum absolute atomic E-state index is 0.0557. The van der Waals surface area contributed by atoms with Gasteiger partial charge in [-0.15, -0.1) is 0 Å². The fourth-order valence-corrected chi connectivity index (χ4v) is 2.66. The van der Waals surface area contributed by atoms with Gasteiger partial charge in [-0.05, 0) is 47.2 Å². The summed E-state index contributed by atoms with van der Waals surface area (Å²) >= 11 is 3.42. The van der Waals surface area contributed by atoms with Gasteiger partial charge in [0.2, 0.25) is 0 Å². The Morgan fingerprint density at radius 3 is 2.65 bits per heavy atom. The quantitative estimate of drug-likeness (QED) is 0.439. The van der Waals surface area contributed by atoms with E-state index in [0.717, 1.165) is 15.2 Å². The molecule has 0 aliphatic rings. The second-order valence-electron chi connectivity index (χ2n) is 5.48. The highest BCUT2D eigenvalue weighted by Gasteiger charge is 2.04. The van der Waals surface area contributed by atoms with E-state index in [1.807, 2.05) is 30.3 Å². The SMILES string of the molecule is O=C(COc1ccc2cc(Br)ccc2c1)N/N=C/c1ccc(O)cc1O. The number of halogens is 1. The number of carbonyl (C=O) groups is 1. The number of nitrogens with zero attached hydrogens (tertiary/aromatic N) is 1. The minimum atomic E-state index is -0.435. The van der Waals surface area contributed by atoms with E-state index in [4.69, 9.17) is 4.74 Å². The Kier molecular flexibility index (Phi) is 5.38. The average molecular weight is 415 g/mol. The van der Waals surface area contributed by atoms with Crippen molar-refractivity contribution >= 4 is 38.8 Å². The van der Waals surface area contributed by atoms with Crippen molar-refractivity contribution in [1.29, 1.82) is 0 Å². The number of benzene rings is 3. The molecule has 0 fully saturated rings. The molecule has 0 aromatic heterocycles. The van der Waals surface area contributed by atoms with E-state index in [1.165, 1.54) is 24.4 Å². The number of carbonyl (C=O) groups excluding carboxylic acids is 1. The van der Waals surface area contributed by atoms with Gasteiger partial charge in [0.15, 0.2) is 6.61 Å². The number of rotatable bonds is 5. The first-order chi connectivity index (χ1) is 12.5. The summed E-state index contributed by atoms with van der Waals surface area (Å²) in [4.78, 5) is 11.8. The Labute approximate surface area is 157 Å². The van der Waals surface area contributed by atoms with Crippen LogP contribution in [0.2, 0.25) is 0 Å². The number of nitrogens with one attached hydrogen (secondary N) is 1. The standard InChI is InChI=1S/C19H15BrN2O4/c20-15-4-1-13-8-17(6-3-12(13)7-15)26-11-19(25)22-21-10-14-2-5-16(23)9-18(14)24/h1-10,23-24H,11H2,(H,22,25)/b21-10+. The lowest BCUT2D eigenvalue weighted by Crippen LogP contribution is -2.24. The van der Waals surface area contributed by atoms with Gasteiger partial charge >= 0.3 is 0 Å². The number of aromatic hydroxyl groups is 2. The van der Waals surface area contributed by atoms with E-state index in [-0.39, 0.29) is 18.1 Å². The summed E-state index contributed by atoms with van der Waals surface area (Å²) in [5, 5.41) is 24.7. The molecule has 0 spiro atoms. The fraction of sp³-hybridized carbons (Fsp3) is 0.0526. The highest BCUT2D eigenvalue weighted by Crippen LogP contribution is 2.24. The third kappa shape index (κ3) is 4.52. The zero-order chi connectivity index (χ0) is 18.5. The molecule has 0 bridgehead atoms. The highest BCUT2D eigenvalue weighted by molar-refractivity contribution is 9.10. The summed E-state index contributed by atoms with van der Waals surface area (Å²) < 4.78 is 6.46. The van der Waals surface area contributed by atoms with Gasteiger partial charge in [0.1, 0.15) is 17.2 Å². The molecule has 3 N–H and O–H groups in total. The van der Waals surface area contributed by atoms with Crippen LogP contribution in [0.4, 0.5) is 0 Å². The van der Waals surface area contributed by atoms with Crippen LogP contribution in [0.1, 0.15) is 5.56 Å². The zero-order valence-corrected chi connectivity index (χ0v) is 15.1. The van der Waals surface area contributed by atoms with Crippen LogP contribution in [0.15, 0.2) is 64.2 Å². The molecule has 0 aliphatic heterocycles. The number of phenols is 2. The Bertz CT molecular complexity index is 988. The molecule has 6 nitrogen and oxygen atoms in total.